The summed E-state index contributed by atoms with van der Waals surface area (Å²) in [5.74, 6) is -100. The zero-order valence-electron chi connectivity index (χ0n) is 40.3. The van der Waals surface area contributed by atoms with Gasteiger partial charge in [-0.1, -0.05) is 24.3 Å². The number of esters is 2. The van der Waals surface area contributed by atoms with Gasteiger partial charge in [-0.15, -0.1) is 0 Å². The summed E-state index contributed by atoms with van der Waals surface area (Å²) in [6, 6.07) is 0. The molecule has 0 aromatic carbocycles. The summed E-state index contributed by atoms with van der Waals surface area (Å²) in [5, 5.41) is -15.9. The van der Waals surface area contributed by atoms with Crippen LogP contribution in [0, 0.1) is 11.8 Å². The second-order valence-electron chi connectivity index (χ2n) is 17.4. The van der Waals surface area contributed by atoms with Gasteiger partial charge < -0.3 is 18.6 Å². The molecule has 4 rings (SSSR count). The SMILES string of the molecule is O=C(C[S+]1CCCC2C=CC=C21)OCCOC(=O)C[S+]1CCCC2C=CC=C21.O=S(=O)([O-])C(F)(F)C(F)(F)C(F)(F)C(F)(F)C(F)(F)C(F)(F)C(F)(F)C(F)(F)F.O=S(=O)([O-])C(F)(F)C(F)(F)C(F)(F)C(F)(F)C(F)(F)C(F)(F)C(F)(F)C(F)(F)F. The van der Waals surface area contributed by atoms with Crippen molar-refractivity contribution in [3.63, 3.8) is 0 Å². The van der Waals surface area contributed by atoms with Crippen LogP contribution in [0.5, 0.6) is 0 Å². The average Bonchev–Trinajstić information content (AvgIpc) is 0.790. The Bertz CT molecular complexity index is 2640. The van der Waals surface area contributed by atoms with E-state index in [4.69, 9.17) is 9.47 Å². The van der Waals surface area contributed by atoms with Crippen molar-refractivity contribution < 1.29 is 194 Å². The van der Waals surface area contributed by atoms with Crippen LogP contribution in [-0.4, -0.2) is 168 Å². The Balaban J connectivity index is 0.000000440. The van der Waals surface area contributed by atoms with Crippen LogP contribution in [0.25, 0.3) is 0 Å². The van der Waals surface area contributed by atoms with Crippen LogP contribution in [0.15, 0.2) is 46.3 Å². The zero-order valence-corrected chi connectivity index (χ0v) is 43.5. The van der Waals surface area contributed by atoms with Gasteiger partial charge in [0.2, 0.25) is 11.5 Å². The molecule has 2 aliphatic heterocycles. The molecular formula is C38H28F34O10S4. The van der Waals surface area contributed by atoms with E-state index in [-0.39, 0.29) is 46.9 Å². The highest BCUT2D eigenvalue weighted by atomic mass is 32.2. The van der Waals surface area contributed by atoms with Crippen molar-refractivity contribution in [2.75, 3.05) is 36.2 Å². The average molecular weight is 1420 g/mol. The van der Waals surface area contributed by atoms with E-state index in [0.717, 1.165) is 11.5 Å². The number of alkyl halides is 34. The van der Waals surface area contributed by atoms with E-state index in [1.54, 1.807) is 0 Å². The van der Waals surface area contributed by atoms with Gasteiger partial charge in [0.1, 0.15) is 34.5 Å². The molecule has 0 radical (unpaired) electrons. The first-order chi connectivity index (χ1) is 37.7. The maximum absolute atomic E-state index is 13.0. The lowest BCUT2D eigenvalue weighted by Crippen LogP contribution is -2.75. The van der Waals surface area contributed by atoms with Crippen LogP contribution in [0.2, 0.25) is 0 Å². The van der Waals surface area contributed by atoms with Gasteiger partial charge >= 0.3 is 106 Å². The molecule has 4 unspecified atom stereocenters. The van der Waals surface area contributed by atoms with E-state index in [9.17, 15) is 185 Å². The fourth-order valence-corrected chi connectivity index (χ4v) is 12.4. The lowest BCUT2D eigenvalue weighted by atomic mass is 9.91. The number of halogens is 34. The molecule has 2 saturated heterocycles. The van der Waals surface area contributed by atoms with Crippen molar-refractivity contribution in [1.29, 1.82) is 0 Å². The predicted octanol–water partition coefficient (Wildman–Crippen LogP) is 12.0. The van der Waals surface area contributed by atoms with Gasteiger partial charge in [-0.2, -0.15) is 149 Å². The molecule has 2 fully saturated rings. The Morgan fingerprint density at radius 2 is 0.616 bits per heavy atom. The third-order valence-electron chi connectivity index (χ3n) is 11.6. The molecule has 4 aliphatic rings. The predicted molar refractivity (Wildman–Crippen MR) is 217 cm³/mol. The van der Waals surface area contributed by atoms with E-state index in [0.29, 0.717) is 23.3 Å². The van der Waals surface area contributed by atoms with Crippen LogP contribution < -0.4 is 0 Å². The lowest BCUT2D eigenvalue weighted by Gasteiger charge is -2.42. The van der Waals surface area contributed by atoms with Crippen LogP contribution in [-0.2, 0) is 61.1 Å². The highest BCUT2D eigenvalue weighted by Crippen LogP contribution is 2.66. The van der Waals surface area contributed by atoms with Crippen molar-refractivity contribution in [3.05, 3.63) is 46.3 Å². The van der Waals surface area contributed by atoms with Gasteiger partial charge in [-0.05, 0) is 37.8 Å². The zero-order chi connectivity index (χ0) is 68.3. The van der Waals surface area contributed by atoms with Gasteiger partial charge in [-0.25, -0.2) is 26.4 Å². The molecule has 0 N–H and O–H groups in total. The van der Waals surface area contributed by atoms with Crippen molar-refractivity contribution in [2.24, 2.45) is 11.8 Å². The molecule has 0 aromatic rings. The van der Waals surface area contributed by atoms with Crippen LogP contribution in [0.1, 0.15) is 25.7 Å². The molecule has 2 heterocycles. The maximum atomic E-state index is 13.0. The molecule has 4 atom stereocenters. The van der Waals surface area contributed by atoms with Gasteiger partial charge in [0.15, 0.2) is 20.2 Å². The smallest absolute Gasteiger partial charge is 0.460 e. The molecule has 0 bridgehead atoms. The summed E-state index contributed by atoms with van der Waals surface area (Å²) in [4.78, 5) is 27.2. The highest BCUT2D eigenvalue weighted by Gasteiger charge is 2.97. The first-order valence-electron chi connectivity index (χ1n) is 21.5. The molecule has 0 amide bonds. The monoisotopic (exact) mass is 1420 g/mol. The number of carbonyl (C=O) groups excluding carboxylic acids is 2. The van der Waals surface area contributed by atoms with Crippen molar-refractivity contribution in [2.45, 2.75) is 120 Å². The number of fused-ring (bicyclic) bond motifs is 2. The second kappa shape index (κ2) is 24.3. The van der Waals surface area contributed by atoms with Crippen LogP contribution in [0.3, 0.4) is 0 Å². The van der Waals surface area contributed by atoms with E-state index in [1.165, 1.54) is 35.5 Å². The molecule has 2 aliphatic carbocycles. The van der Waals surface area contributed by atoms with E-state index in [2.05, 4.69) is 36.5 Å². The molecule has 10 nitrogen and oxygen atoms in total. The number of allylic oxidation sites excluding steroid dienone is 8. The third-order valence-corrected chi connectivity index (χ3v) is 18.3. The minimum Gasteiger partial charge on any atom is -0.743 e. The van der Waals surface area contributed by atoms with Gasteiger partial charge in [0, 0.05) is 33.6 Å². The largest absolute Gasteiger partial charge is 0.743 e. The molecule has 502 valence electrons. The number of rotatable bonds is 21. The number of carbonyl (C=O) groups is 2. The van der Waals surface area contributed by atoms with Gasteiger partial charge in [-0.3, -0.25) is 0 Å². The number of ether oxygens (including phenoxy) is 2. The fourth-order valence-electron chi connectivity index (χ4n) is 6.90. The first-order valence-corrected chi connectivity index (χ1v) is 27.4. The Morgan fingerprint density at radius 3 is 0.837 bits per heavy atom. The normalized spacial score (nSPS) is 21.3. The molecule has 0 aromatic heterocycles. The Labute approximate surface area is 461 Å². The Morgan fingerprint density at radius 1 is 0.395 bits per heavy atom. The quantitative estimate of drug-likeness (QED) is 0.0355. The van der Waals surface area contributed by atoms with Crippen molar-refractivity contribution >= 4 is 54.0 Å². The summed E-state index contributed by atoms with van der Waals surface area (Å²) in [7, 11) is -16.3. The van der Waals surface area contributed by atoms with E-state index < -0.39 is 114 Å². The highest BCUT2D eigenvalue weighted by molar-refractivity contribution is 8.01. The second-order valence-corrected chi connectivity index (χ2v) is 24.5. The van der Waals surface area contributed by atoms with E-state index in [1.807, 2.05) is 0 Å². The number of hydrogen-bond donors (Lipinski definition) is 0. The Kier molecular flexibility index (Phi) is 22.1. The molecule has 48 heteroatoms. The van der Waals surface area contributed by atoms with Crippen molar-refractivity contribution in [1.82, 2.24) is 0 Å². The topological polar surface area (TPSA) is 167 Å². The molecule has 86 heavy (non-hydrogen) atoms. The summed E-state index contributed by atoms with van der Waals surface area (Å²) < 4.78 is 499. The van der Waals surface area contributed by atoms with E-state index >= 15 is 0 Å². The molecular weight excluding hydrogens is 1390 g/mol. The lowest BCUT2D eigenvalue weighted by molar-refractivity contribution is -0.458. The fraction of sp³-hybridized carbons (Fsp3) is 0.737. The first kappa shape index (κ1) is 78.1. The third kappa shape index (κ3) is 13.1. The van der Waals surface area contributed by atoms with Gasteiger partial charge in [0.25, 0.3) is 0 Å². The maximum Gasteiger partial charge on any atom is 0.460 e. The standard InChI is InChI=1S/C22H28O4S2.2C8HF17O3S/c23-21(15-27-13-3-7-17-5-1-9-19(17)27)25-11-12-26-22(24)16-28-14-4-8-18-6-2-10-20(18)28;2*9-1(10,3(13,14)5(17,18)7(21,22)23)2(11,12)4(15,16)6(19,20)8(24,25)29(26,27)28/h1-2,5-6,9-10,17-18H,3-4,7-8,11-16H2;2*(H,26,27,28)/q+2;;/p-2. The van der Waals surface area contributed by atoms with Crippen molar-refractivity contribution in [3.8, 4) is 0 Å². The Hall–Kier alpha value is -3.96. The summed E-state index contributed by atoms with van der Waals surface area (Å²) >= 11 is 0. The van der Waals surface area contributed by atoms with Crippen LogP contribution >= 0.6 is 0 Å². The molecule has 0 spiro atoms. The molecule has 0 saturated carbocycles. The summed E-state index contributed by atoms with van der Waals surface area (Å²) in [6.45, 7) is 0.312. The van der Waals surface area contributed by atoms with Gasteiger partial charge in [0.05, 0.1) is 0 Å². The minimum absolute atomic E-state index is 0.00322. The van der Waals surface area contributed by atoms with Crippen LogP contribution in [0.4, 0.5) is 149 Å². The number of hydrogen-bond acceptors (Lipinski definition) is 10. The minimum atomic E-state index is -8.92. The summed E-state index contributed by atoms with van der Waals surface area (Å²) in [6.07, 6.45) is 2.03. The summed E-state index contributed by atoms with van der Waals surface area (Å²) in [5.41, 5.74) is 0.